The van der Waals surface area contributed by atoms with Crippen molar-refractivity contribution >= 4 is 29.8 Å². The standard InChI is InChI=1S/C37H38O11/c1-3-33(38)44-24-8-6-5-7-23-43-30-17-11-28(12-18-30)36(41)48-32-21-15-29(16-22-32)37(42)47-31-19-13-27(14-20-31)35(40)46-26-10-9-25-45-34(39)4-2/h3-4,11-22H,1-2,5-10,23-26H2. The molecule has 11 heteroatoms. The summed E-state index contributed by atoms with van der Waals surface area (Å²) in [6, 6.07) is 18.4. The second-order valence-corrected chi connectivity index (χ2v) is 10.2. The van der Waals surface area contributed by atoms with Crippen LogP contribution in [0.2, 0.25) is 0 Å². The number of esters is 5. The van der Waals surface area contributed by atoms with Crippen molar-refractivity contribution in [3.05, 3.63) is 115 Å². The second kappa shape index (κ2) is 20.4. The first kappa shape index (κ1) is 36.8. The fraction of sp³-hybridized carbons (Fsp3) is 0.270. The van der Waals surface area contributed by atoms with Crippen molar-refractivity contribution in [1.29, 1.82) is 0 Å². The van der Waals surface area contributed by atoms with Gasteiger partial charge >= 0.3 is 29.8 Å². The summed E-state index contributed by atoms with van der Waals surface area (Å²) in [5.41, 5.74) is 0.851. The molecule has 3 rings (SSSR count). The summed E-state index contributed by atoms with van der Waals surface area (Å²) < 4.78 is 31.5. The van der Waals surface area contributed by atoms with Gasteiger partial charge in [-0.25, -0.2) is 24.0 Å². The van der Waals surface area contributed by atoms with Gasteiger partial charge < -0.3 is 28.4 Å². The predicted octanol–water partition coefficient (Wildman–Crippen LogP) is 6.46. The Hall–Kier alpha value is -5.71. The smallest absolute Gasteiger partial charge is 0.343 e. The van der Waals surface area contributed by atoms with E-state index in [4.69, 9.17) is 28.4 Å². The van der Waals surface area contributed by atoms with Gasteiger partial charge in [0.15, 0.2) is 0 Å². The third-order valence-corrected chi connectivity index (χ3v) is 6.59. The Morgan fingerprint density at radius 1 is 0.438 bits per heavy atom. The molecule has 0 aliphatic rings. The molecule has 0 heterocycles. The van der Waals surface area contributed by atoms with Gasteiger partial charge in [0, 0.05) is 12.2 Å². The van der Waals surface area contributed by atoms with E-state index < -0.39 is 29.8 Å². The zero-order chi connectivity index (χ0) is 34.6. The van der Waals surface area contributed by atoms with Crippen LogP contribution in [0.4, 0.5) is 0 Å². The average molecular weight is 659 g/mol. The molecule has 0 N–H and O–H groups in total. The summed E-state index contributed by atoms with van der Waals surface area (Å²) >= 11 is 0. The Balaban J connectivity index is 1.36. The molecule has 48 heavy (non-hydrogen) atoms. The highest BCUT2D eigenvalue weighted by atomic mass is 16.5. The maximum Gasteiger partial charge on any atom is 0.343 e. The molecule has 0 spiro atoms. The van der Waals surface area contributed by atoms with Crippen LogP contribution in [-0.4, -0.2) is 56.3 Å². The van der Waals surface area contributed by atoms with Gasteiger partial charge in [-0.3, -0.25) is 0 Å². The van der Waals surface area contributed by atoms with E-state index in [0.29, 0.717) is 37.4 Å². The SMILES string of the molecule is C=CC(=O)OCCCCCCOc1ccc(C(=O)Oc2ccc(C(=O)Oc3ccc(C(=O)OCCCCOC(=O)C=C)cc3)cc2)cc1. The summed E-state index contributed by atoms with van der Waals surface area (Å²) in [6.45, 7) is 7.93. The predicted molar refractivity (Wildman–Crippen MR) is 175 cm³/mol. The minimum Gasteiger partial charge on any atom is -0.494 e. The largest absolute Gasteiger partial charge is 0.494 e. The molecule has 0 saturated heterocycles. The summed E-state index contributed by atoms with van der Waals surface area (Å²) in [7, 11) is 0. The first-order valence-corrected chi connectivity index (χ1v) is 15.4. The fourth-order valence-corrected chi connectivity index (χ4v) is 4.00. The van der Waals surface area contributed by atoms with E-state index in [1.54, 1.807) is 24.3 Å². The van der Waals surface area contributed by atoms with Gasteiger partial charge in [-0.2, -0.15) is 0 Å². The molecule has 0 unspecified atom stereocenters. The molecule has 252 valence electrons. The Morgan fingerprint density at radius 3 is 1.23 bits per heavy atom. The molecule has 11 nitrogen and oxygen atoms in total. The molecular formula is C37H38O11. The van der Waals surface area contributed by atoms with Crippen LogP contribution in [0.25, 0.3) is 0 Å². The van der Waals surface area contributed by atoms with Crippen LogP contribution >= 0.6 is 0 Å². The maximum atomic E-state index is 12.6. The van der Waals surface area contributed by atoms with Crippen LogP contribution in [-0.2, 0) is 23.8 Å². The lowest BCUT2D eigenvalue weighted by Gasteiger charge is -2.09. The summed E-state index contributed by atoms with van der Waals surface area (Å²) in [5, 5.41) is 0. The Labute approximate surface area is 279 Å². The van der Waals surface area contributed by atoms with E-state index in [9.17, 15) is 24.0 Å². The lowest BCUT2D eigenvalue weighted by molar-refractivity contribution is -0.138. The van der Waals surface area contributed by atoms with Crippen molar-refractivity contribution in [1.82, 2.24) is 0 Å². The minimum absolute atomic E-state index is 0.163. The zero-order valence-corrected chi connectivity index (χ0v) is 26.6. The topological polar surface area (TPSA) is 141 Å². The van der Waals surface area contributed by atoms with E-state index in [0.717, 1.165) is 37.8 Å². The number of benzene rings is 3. The molecule has 0 radical (unpaired) electrons. The summed E-state index contributed by atoms with van der Waals surface area (Å²) in [4.78, 5) is 59.4. The number of rotatable bonds is 20. The number of carbonyl (C=O) groups excluding carboxylic acids is 5. The first-order chi connectivity index (χ1) is 23.3. The van der Waals surface area contributed by atoms with E-state index in [1.165, 1.54) is 48.5 Å². The quantitative estimate of drug-likeness (QED) is 0.0434. The molecule has 0 amide bonds. The molecule has 0 aliphatic carbocycles. The van der Waals surface area contributed by atoms with E-state index in [1.807, 2.05) is 0 Å². The number of unbranched alkanes of at least 4 members (excludes halogenated alkanes) is 4. The third-order valence-electron chi connectivity index (χ3n) is 6.59. The Kier molecular flexibility index (Phi) is 15.6. The Bertz CT molecular complexity index is 1520. The molecule has 0 aliphatic heterocycles. The van der Waals surface area contributed by atoms with Crippen molar-refractivity contribution in [3.63, 3.8) is 0 Å². The van der Waals surface area contributed by atoms with Crippen molar-refractivity contribution < 1.29 is 52.4 Å². The molecule has 0 atom stereocenters. The van der Waals surface area contributed by atoms with Crippen LogP contribution in [0.15, 0.2) is 98.1 Å². The van der Waals surface area contributed by atoms with Gasteiger partial charge in [0.1, 0.15) is 17.2 Å². The van der Waals surface area contributed by atoms with Crippen LogP contribution in [0.1, 0.15) is 69.6 Å². The molecule has 0 saturated carbocycles. The Morgan fingerprint density at radius 2 is 0.792 bits per heavy atom. The van der Waals surface area contributed by atoms with Crippen molar-refractivity contribution in [3.8, 4) is 17.2 Å². The average Bonchev–Trinajstić information content (AvgIpc) is 3.11. The first-order valence-electron chi connectivity index (χ1n) is 15.4. The van der Waals surface area contributed by atoms with Crippen LogP contribution in [0.5, 0.6) is 17.2 Å². The van der Waals surface area contributed by atoms with Gasteiger partial charge in [-0.15, -0.1) is 0 Å². The molecule has 0 fully saturated rings. The molecule has 3 aromatic rings. The number of ether oxygens (including phenoxy) is 6. The van der Waals surface area contributed by atoms with Crippen LogP contribution in [0, 0.1) is 0 Å². The minimum atomic E-state index is -0.634. The maximum absolute atomic E-state index is 12.6. The van der Waals surface area contributed by atoms with E-state index >= 15 is 0 Å². The molecular weight excluding hydrogens is 620 g/mol. The number of carbonyl (C=O) groups is 5. The van der Waals surface area contributed by atoms with Gasteiger partial charge in [0.25, 0.3) is 0 Å². The van der Waals surface area contributed by atoms with Crippen molar-refractivity contribution in [2.75, 3.05) is 26.4 Å². The molecule has 3 aromatic carbocycles. The van der Waals surface area contributed by atoms with E-state index in [2.05, 4.69) is 13.2 Å². The van der Waals surface area contributed by atoms with E-state index in [-0.39, 0.29) is 35.8 Å². The van der Waals surface area contributed by atoms with Gasteiger partial charge in [-0.05, 0) is 111 Å². The lowest BCUT2D eigenvalue weighted by Crippen LogP contribution is -2.11. The second-order valence-electron chi connectivity index (χ2n) is 10.2. The van der Waals surface area contributed by atoms with Gasteiger partial charge in [0.05, 0.1) is 43.1 Å². The third kappa shape index (κ3) is 13.3. The van der Waals surface area contributed by atoms with Crippen LogP contribution < -0.4 is 14.2 Å². The normalized spacial score (nSPS) is 10.2. The molecule has 0 bridgehead atoms. The number of hydrogen-bond donors (Lipinski definition) is 0. The van der Waals surface area contributed by atoms with Gasteiger partial charge in [0.2, 0.25) is 0 Å². The van der Waals surface area contributed by atoms with Crippen molar-refractivity contribution in [2.45, 2.75) is 38.5 Å². The fourth-order valence-electron chi connectivity index (χ4n) is 4.00. The lowest BCUT2D eigenvalue weighted by atomic mass is 10.2. The highest BCUT2D eigenvalue weighted by molar-refractivity contribution is 5.93. The highest BCUT2D eigenvalue weighted by Gasteiger charge is 2.13. The molecule has 0 aromatic heterocycles. The summed E-state index contributed by atoms with van der Waals surface area (Å²) in [6.07, 6.45) is 6.75. The van der Waals surface area contributed by atoms with Crippen molar-refractivity contribution in [2.24, 2.45) is 0 Å². The van der Waals surface area contributed by atoms with Crippen LogP contribution in [0.3, 0.4) is 0 Å². The highest BCUT2D eigenvalue weighted by Crippen LogP contribution is 2.19. The number of hydrogen-bond acceptors (Lipinski definition) is 11. The van der Waals surface area contributed by atoms with Gasteiger partial charge in [-0.1, -0.05) is 13.2 Å². The monoisotopic (exact) mass is 658 g/mol. The zero-order valence-electron chi connectivity index (χ0n) is 26.6. The summed E-state index contributed by atoms with van der Waals surface area (Å²) in [5.74, 6) is -1.55.